The number of fused-ring (bicyclic) bond motifs is 1. The molecule has 24 heavy (non-hydrogen) atoms. The molecule has 1 aromatic carbocycles. The zero-order valence-electron chi connectivity index (χ0n) is 12.1. The molecular formula is C17H9ClFN3O2. The van der Waals surface area contributed by atoms with Gasteiger partial charge in [-0.3, -0.25) is 9.97 Å². The Balaban J connectivity index is 1.99. The van der Waals surface area contributed by atoms with E-state index in [0.717, 1.165) is 0 Å². The fourth-order valence-electron chi connectivity index (χ4n) is 2.50. The highest BCUT2D eigenvalue weighted by Gasteiger charge is 2.15. The summed E-state index contributed by atoms with van der Waals surface area (Å²) in [4.78, 5) is 20.3. The summed E-state index contributed by atoms with van der Waals surface area (Å²) in [6.45, 7) is 0. The molecule has 0 bridgehead atoms. The van der Waals surface area contributed by atoms with Gasteiger partial charge in [0.15, 0.2) is 5.58 Å². The van der Waals surface area contributed by atoms with Crippen LogP contribution in [0.15, 0.2) is 64.2 Å². The van der Waals surface area contributed by atoms with Gasteiger partial charge in [-0.15, -0.1) is 0 Å². The van der Waals surface area contributed by atoms with Crippen LogP contribution < -0.4 is 5.76 Å². The summed E-state index contributed by atoms with van der Waals surface area (Å²) in [6.07, 6.45) is 4.53. The van der Waals surface area contributed by atoms with Gasteiger partial charge in [-0.25, -0.2) is 13.8 Å². The molecule has 0 fully saturated rings. The van der Waals surface area contributed by atoms with Gasteiger partial charge in [0.2, 0.25) is 0 Å². The first-order valence-electron chi connectivity index (χ1n) is 7.01. The topological polar surface area (TPSA) is 60.9 Å². The third kappa shape index (κ3) is 2.37. The van der Waals surface area contributed by atoms with Crippen LogP contribution in [0.3, 0.4) is 0 Å². The molecular weight excluding hydrogens is 333 g/mol. The Hall–Kier alpha value is -2.99. The number of hydrogen-bond donors (Lipinski definition) is 0. The van der Waals surface area contributed by atoms with E-state index in [-0.39, 0.29) is 5.56 Å². The van der Waals surface area contributed by atoms with Crippen molar-refractivity contribution < 1.29 is 8.81 Å². The highest BCUT2D eigenvalue weighted by molar-refractivity contribution is 6.30. The largest absolute Gasteiger partial charge is 0.424 e. The maximum Gasteiger partial charge on any atom is 0.424 e. The van der Waals surface area contributed by atoms with E-state index in [1.165, 1.54) is 29.0 Å². The Bertz CT molecular complexity index is 1110. The monoisotopic (exact) mass is 341 g/mol. The van der Waals surface area contributed by atoms with E-state index < -0.39 is 11.6 Å². The minimum absolute atomic E-state index is 0.249. The molecule has 0 spiro atoms. The van der Waals surface area contributed by atoms with Crippen molar-refractivity contribution in [1.82, 2.24) is 14.5 Å². The second-order valence-electron chi connectivity index (χ2n) is 5.07. The van der Waals surface area contributed by atoms with Crippen LogP contribution in [0.1, 0.15) is 0 Å². The zero-order chi connectivity index (χ0) is 16.7. The van der Waals surface area contributed by atoms with E-state index >= 15 is 0 Å². The maximum absolute atomic E-state index is 14.1. The average molecular weight is 342 g/mol. The second-order valence-corrected chi connectivity index (χ2v) is 5.51. The van der Waals surface area contributed by atoms with Gasteiger partial charge in [0.1, 0.15) is 5.82 Å². The van der Waals surface area contributed by atoms with E-state index in [9.17, 15) is 9.18 Å². The standard InChI is InChI=1S/C17H9ClFN3O2/c18-10-1-2-13(19)12(7-10)14-8-15-16(9-21-14)24-17(23)22(15)11-3-5-20-6-4-11/h1-9H. The molecule has 0 radical (unpaired) electrons. The molecule has 0 aliphatic heterocycles. The lowest BCUT2D eigenvalue weighted by Crippen LogP contribution is -2.11. The van der Waals surface area contributed by atoms with Gasteiger partial charge in [-0.2, -0.15) is 0 Å². The van der Waals surface area contributed by atoms with Crippen molar-refractivity contribution in [3.63, 3.8) is 0 Å². The van der Waals surface area contributed by atoms with Gasteiger partial charge in [0.05, 0.1) is 23.1 Å². The number of nitrogens with zero attached hydrogens (tertiary/aromatic N) is 3. The minimum Gasteiger partial charge on any atom is -0.406 e. The molecule has 3 heterocycles. The lowest BCUT2D eigenvalue weighted by Gasteiger charge is -2.05. The summed E-state index contributed by atoms with van der Waals surface area (Å²) in [5.41, 5.74) is 1.99. The average Bonchev–Trinajstić information content (AvgIpc) is 2.92. The number of benzene rings is 1. The molecule has 0 saturated heterocycles. The van der Waals surface area contributed by atoms with Crippen LogP contribution in [0.5, 0.6) is 0 Å². The summed E-state index contributed by atoms with van der Waals surface area (Å²) in [6, 6.07) is 9.17. The fraction of sp³-hybridized carbons (Fsp3) is 0. The van der Waals surface area contributed by atoms with Gasteiger partial charge < -0.3 is 4.42 Å². The van der Waals surface area contributed by atoms with Crippen LogP contribution in [-0.2, 0) is 0 Å². The fourth-order valence-corrected chi connectivity index (χ4v) is 2.67. The van der Waals surface area contributed by atoms with Crippen LogP contribution in [0.2, 0.25) is 5.02 Å². The Morgan fingerprint density at radius 3 is 2.71 bits per heavy atom. The lowest BCUT2D eigenvalue weighted by atomic mass is 10.1. The van der Waals surface area contributed by atoms with Crippen LogP contribution in [0.4, 0.5) is 4.39 Å². The van der Waals surface area contributed by atoms with Gasteiger partial charge >= 0.3 is 5.76 Å². The van der Waals surface area contributed by atoms with Crippen molar-refractivity contribution in [2.45, 2.75) is 0 Å². The van der Waals surface area contributed by atoms with E-state index in [1.54, 1.807) is 30.6 Å². The molecule has 4 rings (SSSR count). The molecule has 5 nitrogen and oxygen atoms in total. The zero-order valence-corrected chi connectivity index (χ0v) is 12.9. The molecule has 0 amide bonds. The van der Waals surface area contributed by atoms with Crippen LogP contribution >= 0.6 is 11.6 Å². The first-order valence-corrected chi connectivity index (χ1v) is 7.39. The van der Waals surface area contributed by atoms with E-state index in [2.05, 4.69) is 9.97 Å². The van der Waals surface area contributed by atoms with Crippen molar-refractivity contribution in [1.29, 1.82) is 0 Å². The predicted molar refractivity (Wildman–Crippen MR) is 87.8 cm³/mol. The second kappa shape index (κ2) is 5.58. The maximum atomic E-state index is 14.1. The number of halogens is 2. The summed E-state index contributed by atoms with van der Waals surface area (Å²) < 4.78 is 20.7. The Kier molecular flexibility index (Phi) is 3.39. The van der Waals surface area contributed by atoms with Crippen LogP contribution in [-0.4, -0.2) is 14.5 Å². The molecule has 4 aromatic rings. The van der Waals surface area contributed by atoms with Crippen molar-refractivity contribution >= 4 is 22.7 Å². The number of oxazole rings is 1. The van der Waals surface area contributed by atoms with E-state index in [4.69, 9.17) is 16.0 Å². The normalized spacial score (nSPS) is 11.1. The quantitative estimate of drug-likeness (QED) is 0.556. The SMILES string of the molecule is O=c1oc2cnc(-c3cc(Cl)ccc3F)cc2n1-c1ccncc1. The molecule has 0 aliphatic rings. The molecule has 118 valence electrons. The van der Waals surface area contributed by atoms with Gasteiger partial charge in [0, 0.05) is 23.0 Å². The Labute approximate surface area is 140 Å². The Morgan fingerprint density at radius 1 is 1.12 bits per heavy atom. The molecule has 0 aliphatic carbocycles. The van der Waals surface area contributed by atoms with E-state index in [0.29, 0.717) is 27.5 Å². The van der Waals surface area contributed by atoms with Gasteiger partial charge in [-0.05, 0) is 36.4 Å². The Morgan fingerprint density at radius 2 is 1.92 bits per heavy atom. The smallest absolute Gasteiger partial charge is 0.406 e. The number of rotatable bonds is 2. The van der Waals surface area contributed by atoms with Crippen LogP contribution in [0.25, 0.3) is 28.0 Å². The summed E-state index contributed by atoms with van der Waals surface area (Å²) in [7, 11) is 0. The summed E-state index contributed by atoms with van der Waals surface area (Å²) in [5, 5.41) is 0.395. The first kappa shape index (κ1) is 14.6. The number of pyridine rings is 2. The first-order chi connectivity index (χ1) is 11.6. The highest BCUT2D eigenvalue weighted by Crippen LogP contribution is 2.27. The number of hydrogen-bond acceptors (Lipinski definition) is 4. The summed E-state index contributed by atoms with van der Waals surface area (Å²) in [5.74, 6) is -1.01. The van der Waals surface area contributed by atoms with Crippen molar-refractivity contribution in [3.05, 3.63) is 76.4 Å². The summed E-state index contributed by atoms with van der Waals surface area (Å²) >= 11 is 5.94. The molecule has 3 aromatic heterocycles. The van der Waals surface area contributed by atoms with Gasteiger partial charge in [0.25, 0.3) is 0 Å². The van der Waals surface area contributed by atoms with Gasteiger partial charge in [-0.1, -0.05) is 11.6 Å². The third-order valence-electron chi connectivity index (χ3n) is 3.59. The molecule has 0 unspecified atom stereocenters. The number of aromatic nitrogens is 3. The van der Waals surface area contributed by atoms with Crippen LogP contribution in [0, 0.1) is 5.82 Å². The molecule has 0 atom stereocenters. The van der Waals surface area contributed by atoms with Crippen molar-refractivity contribution in [3.8, 4) is 16.9 Å². The predicted octanol–water partition coefficient (Wildman–Crippen LogP) is 3.83. The lowest BCUT2D eigenvalue weighted by molar-refractivity contribution is 0.539. The molecule has 0 N–H and O–H groups in total. The minimum atomic E-state index is -0.554. The third-order valence-corrected chi connectivity index (χ3v) is 3.83. The van der Waals surface area contributed by atoms with E-state index in [1.807, 2.05) is 0 Å². The van der Waals surface area contributed by atoms with Crippen molar-refractivity contribution in [2.24, 2.45) is 0 Å². The highest BCUT2D eigenvalue weighted by atomic mass is 35.5. The molecule has 7 heteroatoms. The molecule has 0 saturated carbocycles. The van der Waals surface area contributed by atoms with Crippen molar-refractivity contribution in [2.75, 3.05) is 0 Å².